The molecule has 0 amide bonds. The number of nitrogens with zero attached hydrogens (tertiary/aromatic N) is 3. The van der Waals surface area contributed by atoms with Gasteiger partial charge < -0.3 is 8.98 Å². The summed E-state index contributed by atoms with van der Waals surface area (Å²) in [5, 5.41) is 9.57. The van der Waals surface area contributed by atoms with Crippen LogP contribution in [-0.2, 0) is 0 Å². The lowest BCUT2D eigenvalue weighted by Gasteiger charge is -2.13. The summed E-state index contributed by atoms with van der Waals surface area (Å²) in [5.74, 6) is 0. The SMILES string of the molecule is c1ccc(-c2nc3ccccc3nc2-c2cccc(-n3c4cc5oc6ccc7ccccc7c6c5cc4c4c5ccccc5ccc43)c2)cc1. The largest absolute Gasteiger partial charge is 0.456 e. The zero-order valence-electron chi connectivity index (χ0n) is 26.8. The van der Waals surface area contributed by atoms with Gasteiger partial charge in [0, 0.05) is 44.4 Å². The van der Waals surface area contributed by atoms with Gasteiger partial charge in [-0.05, 0) is 64.0 Å². The van der Waals surface area contributed by atoms with Crippen molar-refractivity contribution >= 4 is 76.3 Å². The predicted molar refractivity (Wildman–Crippen MR) is 207 cm³/mol. The van der Waals surface area contributed by atoms with E-state index in [0.29, 0.717) is 0 Å². The van der Waals surface area contributed by atoms with E-state index in [1.807, 2.05) is 30.3 Å². The summed E-state index contributed by atoms with van der Waals surface area (Å²) >= 11 is 0. The van der Waals surface area contributed by atoms with Crippen LogP contribution in [0.25, 0.3) is 105 Å². The highest BCUT2D eigenvalue weighted by atomic mass is 16.3. The van der Waals surface area contributed by atoms with Crippen molar-refractivity contribution in [2.45, 2.75) is 0 Å². The second-order valence-corrected chi connectivity index (χ2v) is 13.0. The van der Waals surface area contributed by atoms with Crippen LogP contribution >= 0.6 is 0 Å². The molecule has 0 N–H and O–H groups in total. The van der Waals surface area contributed by atoms with Crippen molar-refractivity contribution in [2.24, 2.45) is 0 Å². The van der Waals surface area contributed by atoms with Gasteiger partial charge in [-0.2, -0.15) is 0 Å². The number of furan rings is 1. The molecule has 0 saturated carbocycles. The fourth-order valence-electron chi connectivity index (χ4n) is 7.90. The van der Waals surface area contributed by atoms with Gasteiger partial charge in [-0.3, -0.25) is 0 Å². The molecule has 50 heavy (non-hydrogen) atoms. The number of fused-ring (bicyclic) bond motifs is 11. The molecule has 11 aromatic rings. The van der Waals surface area contributed by atoms with E-state index in [2.05, 4.69) is 138 Å². The maximum atomic E-state index is 6.61. The molecule has 0 spiro atoms. The molecule has 0 atom stereocenters. The van der Waals surface area contributed by atoms with Crippen molar-refractivity contribution in [1.29, 1.82) is 0 Å². The Kier molecular flexibility index (Phi) is 5.63. The fourth-order valence-corrected chi connectivity index (χ4v) is 7.90. The summed E-state index contributed by atoms with van der Waals surface area (Å²) in [7, 11) is 0. The normalized spacial score (nSPS) is 12.0. The van der Waals surface area contributed by atoms with Crippen LogP contribution in [0.2, 0.25) is 0 Å². The molecule has 4 heteroatoms. The van der Waals surface area contributed by atoms with Crippen LogP contribution < -0.4 is 0 Å². The summed E-state index contributed by atoms with van der Waals surface area (Å²) < 4.78 is 8.99. The van der Waals surface area contributed by atoms with Gasteiger partial charge in [-0.25, -0.2) is 9.97 Å². The minimum atomic E-state index is 0.856. The van der Waals surface area contributed by atoms with Gasteiger partial charge in [0.1, 0.15) is 11.2 Å². The highest BCUT2D eigenvalue weighted by Crippen LogP contribution is 2.43. The van der Waals surface area contributed by atoms with E-state index in [-0.39, 0.29) is 0 Å². The molecule has 0 aliphatic heterocycles. The summed E-state index contributed by atoms with van der Waals surface area (Å²) in [6, 6.07) is 57.7. The zero-order valence-corrected chi connectivity index (χ0v) is 26.8. The van der Waals surface area contributed by atoms with Crippen LogP contribution in [0.3, 0.4) is 0 Å². The summed E-state index contributed by atoms with van der Waals surface area (Å²) in [5.41, 5.74) is 10.6. The second-order valence-electron chi connectivity index (χ2n) is 13.0. The Morgan fingerprint density at radius 3 is 1.82 bits per heavy atom. The fraction of sp³-hybridized carbons (Fsp3) is 0. The van der Waals surface area contributed by atoms with Gasteiger partial charge in [0.05, 0.1) is 33.5 Å². The van der Waals surface area contributed by atoms with E-state index in [0.717, 1.165) is 72.2 Å². The molecule has 3 heterocycles. The Morgan fingerprint density at radius 1 is 0.400 bits per heavy atom. The minimum absolute atomic E-state index is 0.856. The van der Waals surface area contributed by atoms with Crippen LogP contribution in [0.4, 0.5) is 0 Å². The molecule has 4 nitrogen and oxygen atoms in total. The van der Waals surface area contributed by atoms with Gasteiger partial charge in [0.2, 0.25) is 0 Å². The Morgan fingerprint density at radius 2 is 1.04 bits per heavy atom. The summed E-state index contributed by atoms with van der Waals surface area (Å²) in [6.45, 7) is 0. The first-order valence-corrected chi connectivity index (χ1v) is 16.9. The van der Waals surface area contributed by atoms with E-state index < -0.39 is 0 Å². The van der Waals surface area contributed by atoms with E-state index in [9.17, 15) is 0 Å². The third-order valence-corrected chi connectivity index (χ3v) is 10.1. The molecular formula is C46H27N3O. The summed E-state index contributed by atoms with van der Waals surface area (Å²) in [4.78, 5) is 10.4. The molecule has 0 unspecified atom stereocenters. The van der Waals surface area contributed by atoms with E-state index in [1.54, 1.807) is 0 Å². The molecule has 8 aromatic carbocycles. The smallest absolute Gasteiger partial charge is 0.137 e. The molecule has 0 fully saturated rings. The summed E-state index contributed by atoms with van der Waals surface area (Å²) in [6.07, 6.45) is 0. The maximum Gasteiger partial charge on any atom is 0.137 e. The lowest BCUT2D eigenvalue weighted by atomic mass is 10.0. The average Bonchev–Trinajstić information content (AvgIpc) is 3.72. The van der Waals surface area contributed by atoms with Gasteiger partial charge in [0.15, 0.2) is 0 Å². The molecule has 0 saturated heterocycles. The van der Waals surface area contributed by atoms with Crippen molar-refractivity contribution in [3.8, 4) is 28.2 Å². The van der Waals surface area contributed by atoms with Gasteiger partial charge in [-0.15, -0.1) is 0 Å². The third-order valence-electron chi connectivity index (χ3n) is 10.1. The van der Waals surface area contributed by atoms with Crippen molar-refractivity contribution in [2.75, 3.05) is 0 Å². The van der Waals surface area contributed by atoms with Gasteiger partial charge in [0.25, 0.3) is 0 Å². The standard InChI is InChI=1S/C46H27N3O/c1-2-13-30(14-3-1)45-46(48-38-20-9-8-19-37(38)47-45)31-15-10-16-32(25-31)49-39-23-21-28-11-4-6-17-33(28)43(39)35-26-36-42(27-40(35)49)50-41-24-22-29-12-5-7-18-34(29)44(36)41/h1-27H. The number of rotatable bonds is 3. The van der Waals surface area contributed by atoms with E-state index in [1.165, 1.54) is 32.3 Å². The molecule has 3 aromatic heterocycles. The van der Waals surface area contributed by atoms with Crippen LogP contribution in [0.15, 0.2) is 168 Å². The zero-order chi connectivity index (χ0) is 32.8. The van der Waals surface area contributed by atoms with Crippen LogP contribution in [0.5, 0.6) is 0 Å². The maximum absolute atomic E-state index is 6.61. The first-order chi connectivity index (χ1) is 24.8. The quantitative estimate of drug-likeness (QED) is 0.194. The Balaban J connectivity index is 1.22. The second kappa shape index (κ2) is 10.4. The molecule has 0 bridgehead atoms. The van der Waals surface area contributed by atoms with Crippen LogP contribution in [-0.4, -0.2) is 14.5 Å². The van der Waals surface area contributed by atoms with Crippen molar-refractivity contribution < 1.29 is 4.42 Å². The predicted octanol–water partition coefficient (Wildman–Crippen LogP) is 12.3. The Bertz CT molecular complexity index is 3150. The average molecular weight is 638 g/mol. The molecule has 0 aliphatic carbocycles. The van der Waals surface area contributed by atoms with E-state index in [4.69, 9.17) is 14.4 Å². The number of aromatic nitrogens is 3. The topological polar surface area (TPSA) is 43.9 Å². The lowest BCUT2D eigenvalue weighted by Crippen LogP contribution is -1.98. The number of hydrogen-bond donors (Lipinski definition) is 0. The Hall–Kier alpha value is -6.78. The highest BCUT2D eigenvalue weighted by molar-refractivity contribution is 6.27. The van der Waals surface area contributed by atoms with Crippen LogP contribution in [0, 0.1) is 0 Å². The number of hydrogen-bond acceptors (Lipinski definition) is 3. The van der Waals surface area contributed by atoms with Crippen molar-refractivity contribution in [3.05, 3.63) is 164 Å². The van der Waals surface area contributed by atoms with Crippen molar-refractivity contribution in [3.63, 3.8) is 0 Å². The molecule has 232 valence electrons. The van der Waals surface area contributed by atoms with Crippen LogP contribution in [0.1, 0.15) is 0 Å². The molecule has 11 rings (SSSR count). The Labute approximate surface area is 286 Å². The lowest BCUT2D eigenvalue weighted by molar-refractivity contribution is 0.669. The first kappa shape index (κ1) is 27.2. The number of para-hydroxylation sites is 2. The monoisotopic (exact) mass is 637 g/mol. The molecule has 0 aliphatic rings. The van der Waals surface area contributed by atoms with Crippen molar-refractivity contribution in [1.82, 2.24) is 14.5 Å². The highest BCUT2D eigenvalue weighted by Gasteiger charge is 2.20. The van der Waals surface area contributed by atoms with Gasteiger partial charge in [-0.1, -0.05) is 115 Å². The van der Waals surface area contributed by atoms with Gasteiger partial charge >= 0.3 is 0 Å². The third kappa shape index (κ3) is 3.93. The minimum Gasteiger partial charge on any atom is -0.456 e. The van der Waals surface area contributed by atoms with E-state index >= 15 is 0 Å². The molecular weight excluding hydrogens is 611 g/mol. The first-order valence-electron chi connectivity index (χ1n) is 16.9. The molecule has 0 radical (unpaired) electrons. The number of benzene rings is 8.